The fourth-order valence-electron chi connectivity index (χ4n) is 4.96. The molecule has 1 saturated carbocycles. The van der Waals surface area contributed by atoms with E-state index < -0.39 is 6.04 Å². The summed E-state index contributed by atoms with van der Waals surface area (Å²) in [5.74, 6) is -0.312. The number of hydrogen-bond acceptors (Lipinski definition) is 3. The monoisotopic (exact) mass is 432 g/mol. The minimum atomic E-state index is -0.747. The van der Waals surface area contributed by atoms with Gasteiger partial charge in [-0.15, -0.1) is 0 Å². The van der Waals surface area contributed by atoms with Gasteiger partial charge in [-0.05, 0) is 55.5 Å². The Morgan fingerprint density at radius 2 is 1.69 bits per heavy atom. The highest BCUT2D eigenvalue weighted by atomic mass is 16.2. The minimum absolute atomic E-state index is 0.0122. The van der Waals surface area contributed by atoms with E-state index in [0.717, 1.165) is 43.2 Å². The third kappa shape index (κ3) is 4.34. The number of benzene rings is 2. The van der Waals surface area contributed by atoms with Crippen LogP contribution in [0.4, 0.5) is 5.69 Å². The van der Waals surface area contributed by atoms with E-state index in [0.29, 0.717) is 17.2 Å². The Morgan fingerprint density at radius 1 is 1.00 bits per heavy atom. The van der Waals surface area contributed by atoms with Crippen molar-refractivity contribution in [3.63, 3.8) is 0 Å². The molecule has 0 spiro atoms. The summed E-state index contributed by atoms with van der Waals surface area (Å²) in [6.07, 6.45) is 5.01. The van der Waals surface area contributed by atoms with E-state index in [1.165, 1.54) is 4.90 Å². The van der Waals surface area contributed by atoms with E-state index >= 15 is 0 Å². The lowest BCUT2D eigenvalue weighted by atomic mass is 9.92. The van der Waals surface area contributed by atoms with Crippen molar-refractivity contribution in [3.05, 3.63) is 65.2 Å². The second-order valence-corrected chi connectivity index (χ2v) is 9.41. The Bertz CT molecular complexity index is 1010. The standard InChI is InChI=1S/C27H32N2O3/c1-18(2)20-12-14-23(15-13-20)29-25(30)17-24(27(29)32)28(22-10-5-4-6-11-22)26(31)21-9-7-8-19(3)16-21/h7-9,12-16,18,22,24H,4-6,10-11,17H2,1-3H3. The van der Waals surface area contributed by atoms with Gasteiger partial charge in [0.05, 0.1) is 12.1 Å². The van der Waals surface area contributed by atoms with Crippen molar-refractivity contribution in [2.24, 2.45) is 0 Å². The zero-order valence-corrected chi connectivity index (χ0v) is 19.2. The molecule has 5 nitrogen and oxygen atoms in total. The molecule has 1 aliphatic heterocycles. The summed E-state index contributed by atoms with van der Waals surface area (Å²) in [5.41, 5.74) is 3.32. The van der Waals surface area contributed by atoms with Crippen LogP contribution in [0.25, 0.3) is 0 Å². The van der Waals surface area contributed by atoms with Crippen molar-refractivity contribution < 1.29 is 14.4 Å². The number of anilines is 1. The van der Waals surface area contributed by atoms with E-state index in [4.69, 9.17) is 0 Å². The molecule has 3 amide bonds. The van der Waals surface area contributed by atoms with Gasteiger partial charge in [-0.3, -0.25) is 14.4 Å². The topological polar surface area (TPSA) is 57.7 Å². The van der Waals surface area contributed by atoms with Gasteiger partial charge in [0.2, 0.25) is 5.91 Å². The summed E-state index contributed by atoms with van der Waals surface area (Å²) in [5, 5.41) is 0. The van der Waals surface area contributed by atoms with Crippen LogP contribution in [0.2, 0.25) is 0 Å². The smallest absolute Gasteiger partial charge is 0.257 e. The van der Waals surface area contributed by atoms with E-state index in [9.17, 15) is 14.4 Å². The van der Waals surface area contributed by atoms with Crippen molar-refractivity contribution in [3.8, 4) is 0 Å². The predicted molar refractivity (Wildman–Crippen MR) is 126 cm³/mol. The Balaban J connectivity index is 1.66. The number of hydrogen-bond donors (Lipinski definition) is 0. The van der Waals surface area contributed by atoms with E-state index in [2.05, 4.69) is 13.8 Å². The molecule has 1 atom stereocenters. The van der Waals surface area contributed by atoms with Gasteiger partial charge in [-0.2, -0.15) is 0 Å². The first-order chi connectivity index (χ1) is 15.4. The van der Waals surface area contributed by atoms with Crippen LogP contribution in [0.5, 0.6) is 0 Å². The summed E-state index contributed by atoms with van der Waals surface area (Å²) in [4.78, 5) is 43.2. The van der Waals surface area contributed by atoms with E-state index in [1.54, 1.807) is 11.0 Å². The lowest BCUT2D eigenvalue weighted by molar-refractivity contribution is -0.123. The van der Waals surface area contributed by atoms with E-state index in [-0.39, 0.29) is 30.2 Å². The summed E-state index contributed by atoms with van der Waals surface area (Å²) in [6.45, 7) is 6.17. The molecule has 1 unspecified atom stereocenters. The highest BCUT2D eigenvalue weighted by Gasteiger charge is 2.46. The Labute approximate surface area is 190 Å². The molecule has 2 aliphatic rings. The number of carbonyl (C=O) groups excluding carboxylic acids is 3. The lowest BCUT2D eigenvalue weighted by Gasteiger charge is -2.37. The molecule has 32 heavy (non-hydrogen) atoms. The van der Waals surface area contributed by atoms with Gasteiger partial charge in [-0.25, -0.2) is 4.90 Å². The number of carbonyl (C=O) groups is 3. The molecule has 2 fully saturated rings. The molecular formula is C27H32N2O3. The van der Waals surface area contributed by atoms with Gasteiger partial charge in [0.25, 0.3) is 11.8 Å². The maximum absolute atomic E-state index is 13.6. The molecule has 168 valence electrons. The number of nitrogens with zero attached hydrogens (tertiary/aromatic N) is 2. The van der Waals surface area contributed by atoms with Crippen LogP contribution in [-0.4, -0.2) is 34.7 Å². The predicted octanol–water partition coefficient (Wildman–Crippen LogP) is 5.23. The first-order valence-corrected chi connectivity index (χ1v) is 11.7. The van der Waals surface area contributed by atoms with Crippen LogP contribution < -0.4 is 4.90 Å². The SMILES string of the molecule is Cc1cccc(C(=O)N(C2CCCCC2)C2CC(=O)N(c3ccc(C(C)C)cc3)C2=O)c1. The largest absolute Gasteiger partial charge is 0.323 e. The number of amides is 3. The first-order valence-electron chi connectivity index (χ1n) is 11.7. The molecule has 0 bridgehead atoms. The maximum Gasteiger partial charge on any atom is 0.257 e. The molecule has 4 rings (SSSR count). The summed E-state index contributed by atoms with van der Waals surface area (Å²) in [7, 11) is 0. The molecule has 2 aromatic rings. The molecular weight excluding hydrogens is 400 g/mol. The molecule has 1 heterocycles. The van der Waals surface area contributed by atoms with Crippen LogP contribution in [0, 0.1) is 6.92 Å². The molecule has 2 aromatic carbocycles. The Kier molecular flexibility index (Phi) is 6.45. The third-order valence-electron chi connectivity index (χ3n) is 6.74. The Morgan fingerprint density at radius 3 is 2.31 bits per heavy atom. The van der Waals surface area contributed by atoms with Crippen molar-refractivity contribution in [1.29, 1.82) is 0 Å². The van der Waals surface area contributed by atoms with Gasteiger partial charge in [0, 0.05) is 11.6 Å². The lowest BCUT2D eigenvalue weighted by Crippen LogP contribution is -2.51. The molecule has 5 heteroatoms. The van der Waals surface area contributed by atoms with Crippen molar-refractivity contribution in [2.45, 2.75) is 77.3 Å². The highest BCUT2D eigenvalue weighted by Crippen LogP contribution is 2.32. The second kappa shape index (κ2) is 9.27. The zero-order chi connectivity index (χ0) is 22.8. The number of imide groups is 1. The van der Waals surface area contributed by atoms with E-state index in [1.807, 2.05) is 49.4 Å². The molecule has 0 radical (unpaired) electrons. The summed E-state index contributed by atoms with van der Waals surface area (Å²) in [6, 6.07) is 14.3. The minimum Gasteiger partial charge on any atom is -0.323 e. The fourth-order valence-corrected chi connectivity index (χ4v) is 4.96. The highest BCUT2D eigenvalue weighted by molar-refractivity contribution is 6.23. The van der Waals surface area contributed by atoms with Crippen LogP contribution in [0.3, 0.4) is 0 Å². The van der Waals surface area contributed by atoms with Crippen molar-refractivity contribution >= 4 is 23.4 Å². The van der Waals surface area contributed by atoms with Crippen LogP contribution in [-0.2, 0) is 9.59 Å². The van der Waals surface area contributed by atoms with Gasteiger partial charge in [0.15, 0.2) is 0 Å². The Hall–Kier alpha value is -2.95. The maximum atomic E-state index is 13.6. The van der Waals surface area contributed by atoms with Gasteiger partial charge >= 0.3 is 0 Å². The van der Waals surface area contributed by atoms with Crippen molar-refractivity contribution in [1.82, 2.24) is 4.90 Å². The fraction of sp³-hybridized carbons (Fsp3) is 0.444. The molecule has 1 aliphatic carbocycles. The van der Waals surface area contributed by atoms with Gasteiger partial charge in [0.1, 0.15) is 6.04 Å². The normalized spacial score (nSPS) is 19.6. The summed E-state index contributed by atoms with van der Waals surface area (Å²) < 4.78 is 0. The molecule has 0 aromatic heterocycles. The average Bonchev–Trinajstić information content (AvgIpc) is 3.08. The molecule has 1 saturated heterocycles. The third-order valence-corrected chi connectivity index (χ3v) is 6.74. The van der Waals surface area contributed by atoms with Crippen LogP contribution >= 0.6 is 0 Å². The van der Waals surface area contributed by atoms with Crippen LogP contribution in [0.1, 0.15) is 79.8 Å². The zero-order valence-electron chi connectivity index (χ0n) is 19.2. The van der Waals surface area contributed by atoms with Gasteiger partial charge in [-0.1, -0.05) is 62.9 Å². The van der Waals surface area contributed by atoms with Gasteiger partial charge < -0.3 is 4.90 Å². The quantitative estimate of drug-likeness (QED) is 0.608. The summed E-state index contributed by atoms with van der Waals surface area (Å²) >= 11 is 0. The molecule has 0 N–H and O–H groups in total. The number of rotatable bonds is 5. The first kappa shape index (κ1) is 22.3. The second-order valence-electron chi connectivity index (χ2n) is 9.41. The average molecular weight is 433 g/mol. The van der Waals surface area contributed by atoms with Crippen LogP contribution in [0.15, 0.2) is 48.5 Å². The van der Waals surface area contributed by atoms with Crippen molar-refractivity contribution in [2.75, 3.05) is 4.90 Å². The number of aryl methyl sites for hydroxylation is 1.